The summed E-state index contributed by atoms with van der Waals surface area (Å²) in [5.41, 5.74) is 1.63. The first-order chi connectivity index (χ1) is 16.6. The summed E-state index contributed by atoms with van der Waals surface area (Å²) in [5.74, 6) is 1.84. The SMILES string of the molecule is N#CNC(=NCc1ccc(S(=O)(=O)C2CCC(C3CCCCC3)CC2)cc1)Nc1ccncc1. The highest BCUT2D eigenvalue weighted by Crippen LogP contribution is 2.40. The van der Waals surface area contributed by atoms with Crippen LogP contribution in [0.5, 0.6) is 0 Å². The van der Waals surface area contributed by atoms with Gasteiger partial charge in [-0.2, -0.15) is 5.26 Å². The lowest BCUT2D eigenvalue weighted by atomic mass is 9.73. The Hall–Kier alpha value is -2.92. The van der Waals surface area contributed by atoms with Gasteiger partial charge in [-0.1, -0.05) is 44.2 Å². The number of hydrogen-bond acceptors (Lipinski definition) is 5. The lowest BCUT2D eigenvalue weighted by molar-refractivity contribution is 0.197. The van der Waals surface area contributed by atoms with Gasteiger partial charge in [0.1, 0.15) is 0 Å². The van der Waals surface area contributed by atoms with Crippen LogP contribution in [0, 0.1) is 23.3 Å². The summed E-state index contributed by atoms with van der Waals surface area (Å²) < 4.78 is 26.5. The maximum atomic E-state index is 13.2. The van der Waals surface area contributed by atoms with Gasteiger partial charge in [0.2, 0.25) is 5.96 Å². The first-order valence-corrected chi connectivity index (χ1v) is 13.8. The summed E-state index contributed by atoms with van der Waals surface area (Å²) in [7, 11) is -3.32. The van der Waals surface area contributed by atoms with Crippen LogP contribution in [0.1, 0.15) is 63.4 Å². The molecule has 8 heteroatoms. The van der Waals surface area contributed by atoms with Crippen molar-refractivity contribution in [2.24, 2.45) is 16.8 Å². The molecule has 0 atom stereocenters. The van der Waals surface area contributed by atoms with E-state index in [1.807, 2.05) is 6.19 Å². The van der Waals surface area contributed by atoms with Crippen molar-refractivity contribution in [3.8, 4) is 6.19 Å². The van der Waals surface area contributed by atoms with Crippen molar-refractivity contribution >= 4 is 21.5 Å². The molecule has 1 aromatic heterocycles. The Kier molecular flexibility index (Phi) is 8.17. The third-order valence-corrected chi connectivity index (χ3v) is 9.54. The maximum Gasteiger partial charge on any atom is 0.209 e. The van der Waals surface area contributed by atoms with Crippen molar-refractivity contribution < 1.29 is 8.42 Å². The van der Waals surface area contributed by atoms with Crippen LogP contribution in [0.2, 0.25) is 0 Å². The van der Waals surface area contributed by atoms with E-state index in [1.54, 1.807) is 48.8 Å². The Bertz CT molecular complexity index is 1100. The fourth-order valence-electron chi connectivity index (χ4n) is 5.36. The average Bonchev–Trinajstić information content (AvgIpc) is 2.89. The van der Waals surface area contributed by atoms with Crippen molar-refractivity contribution in [3.63, 3.8) is 0 Å². The minimum Gasteiger partial charge on any atom is -0.325 e. The van der Waals surface area contributed by atoms with E-state index < -0.39 is 9.84 Å². The molecule has 2 saturated carbocycles. The lowest BCUT2D eigenvalue weighted by Crippen LogP contribution is -2.30. The van der Waals surface area contributed by atoms with Crippen molar-refractivity contribution in [1.82, 2.24) is 10.3 Å². The van der Waals surface area contributed by atoms with Gasteiger partial charge in [0.25, 0.3) is 0 Å². The molecular formula is C26H33N5O2S. The van der Waals surface area contributed by atoms with Gasteiger partial charge in [0.05, 0.1) is 16.7 Å². The molecule has 1 heterocycles. The number of hydrogen-bond donors (Lipinski definition) is 2. The number of rotatable bonds is 6. The zero-order valence-corrected chi connectivity index (χ0v) is 20.3. The molecule has 0 amide bonds. The number of nitrogens with zero attached hydrogens (tertiary/aromatic N) is 3. The molecule has 1 aromatic carbocycles. The van der Waals surface area contributed by atoms with Crippen molar-refractivity contribution in [2.45, 2.75) is 74.5 Å². The first kappa shape index (κ1) is 24.2. The number of anilines is 1. The van der Waals surface area contributed by atoms with E-state index in [2.05, 4.69) is 20.6 Å². The summed E-state index contributed by atoms with van der Waals surface area (Å²) in [4.78, 5) is 8.77. The van der Waals surface area contributed by atoms with Gasteiger partial charge in [-0.25, -0.2) is 13.4 Å². The minimum atomic E-state index is -3.32. The largest absolute Gasteiger partial charge is 0.325 e. The molecule has 2 aliphatic carbocycles. The van der Waals surface area contributed by atoms with Gasteiger partial charge in [-0.15, -0.1) is 0 Å². The molecule has 0 aliphatic heterocycles. The Morgan fingerprint density at radius 1 is 0.941 bits per heavy atom. The molecule has 0 radical (unpaired) electrons. The lowest BCUT2D eigenvalue weighted by Gasteiger charge is -2.35. The summed E-state index contributed by atoms with van der Waals surface area (Å²) in [6.45, 7) is 0.314. The molecule has 180 valence electrons. The molecule has 0 saturated heterocycles. The molecule has 0 bridgehead atoms. The standard InChI is InChI=1S/C26H33N5O2S/c27-19-30-26(31-23-14-16-28-17-15-23)29-18-20-6-10-24(11-7-20)34(32,33)25-12-8-22(9-13-25)21-4-2-1-3-5-21/h6-7,10-11,14-17,21-22,25H,1-5,8-9,12-13,18H2,(H2,28,29,30,31). The smallest absolute Gasteiger partial charge is 0.209 e. The second-order valence-corrected chi connectivity index (χ2v) is 11.6. The van der Waals surface area contributed by atoms with E-state index in [0.29, 0.717) is 23.3 Å². The molecule has 2 aromatic rings. The van der Waals surface area contributed by atoms with Crippen LogP contribution in [0.4, 0.5) is 5.69 Å². The quantitative estimate of drug-likeness (QED) is 0.260. The number of aromatic nitrogens is 1. The van der Waals surface area contributed by atoms with E-state index in [9.17, 15) is 8.42 Å². The van der Waals surface area contributed by atoms with Gasteiger partial charge in [-0.05, 0) is 67.3 Å². The number of guanidine groups is 1. The van der Waals surface area contributed by atoms with Crippen LogP contribution >= 0.6 is 0 Å². The summed E-state index contributed by atoms with van der Waals surface area (Å²) in [5, 5.41) is 14.3. The Labute approximate surface area is 202 Å². The fourth-order valence-corrected chi connectivity index (χ4v) is 7.15. The van der Waals surface area contributed by atoms with Crippen LogP contribution in [-0.2, 0) is 16.4 Å². The predicted octanol–water partition coefficient (Wildman–Crippen LogP) is 5.03. The second-order valence-electron chi connectivity index (χ2n) is 9.39. The van der Waals surface area contributed by atoms with E-state index >= 15 is 0 Å². The summed E-state index contributed by atoms with van der Waals surface area (Å²) in [6, 6.07) is 10.6. The summed E-state index contributed by atoms with van der Waals surface area (Å²) in [6.07, 6.45) is 15.5. The number of pyridine rings is 1. The molecule has 34 heavy (non-hydrogen) atoms. The van der Waals surface area contributed by atoms with Crippen LogP contribution in [-0.4, -0.2) is 24.6 Å². The second kappa shape index (κ2) is 11.5. The van der Waals surface area contributed by atoms with E-state index in [4.69, 9.17) is 5.26 Å². The average molecular weight is 480 g/mol. The predicted molar refractivity (Wildman–Crippen MR) is 134 cm³/mol. The van der Waals surface area contributed by atoms with Crippen molar-refractivity contribution in [1.29, 1.82) is 5.26 Å². The third kappa shape index (κ3) is 6.15. The zero-order chi connectivity index (χ0) is 23.8. The number of nitrogens with one attached hydrogen (secondary N) is 2. The molecule has 0 spiro atoms. The zero-order valence-electron chi connectivity index (χ0n) is 19.5. The van der Waals surface area contributed by atoms with Gasteiger partial charge >= 0.3 is 0 Å². The number of aliphatic imine (C=N–C) groups is 1. The van der Waals surface area contributed by atoms with E-state index in [-0.39, 0.29) is 5.25 Å². The van der Waals surface area contributed by atoms with Crippen molar-refractivity contribution in [3.05, 3.63) is 54.4 Å². The number of nitriles is 1. The molecule has 4 rings (SSSR count). The van der Waals surface area contributed by atoms with E-state index in [0.717, 1.165) is 42.9 Å². The van der Waals surface area contributed by atoms with Gasteiger partial charge < -0.3 is 5.32 Å². The first-order valence-electron chi connectivity index (χ1n) is 12.3. The maximum absolute atomic E-state index is 13.2. The normalized spacial score (nSPS) is 22.0. The summed E-state index contributed by atoms with van der Waals surface area (Å²) >= 11 is 0. The van der Waals surface area contributed by atoms with Gasteiger partial charge in [-0.3, -0.25) is 10.3 Å². The van der Waals surface area contributed by atoms with Crippen LogP contribution < -0.4 is 10.6 Å². The molecule has 2 fully saturated rings. The number of benzene rings is 1. The Morgan fingerprint density at radius 2 is 1.59 bits per heavy atom. The molecule has 2 N–H and O–H groups in total. The van der Waals surface area contributed by atoms with Gasteiger partial charge in [0, 0.05) is 18.1 Å². The Morgan fingerprint density at radius 3 is 2.24 bits per heavy atom. The van der Waals surface area contributed by atoms with Crippen LogP contribution in [0.15, 0.2) is 58.7 Å². The van der Waals surface area contributed by atoms with Crippen LogP contribution in [0.25, 0.3) is 0 Å². The Balaban J connectivity index is 1.35. The number of sulfone groups is 1. The van der Waals surface area contributed by atoms with Crippen LogP contribution in [0.3, 0.4) is 0 Å². The minimum absolute atomic E-state index is 0.271. The molecular weight excluding hydrogens is 446 g/mol. The van der Waals surface area contributed by atoms with Crippen molar-refractivity contribution in [2.75, 3.05) is 5.32 Å². The third-order valence-electron chi connectivity index (χ3n) is 7.26. The molecule has 7 nitrogen and oxygen atoms in total. The topological polar surface area (TPSA) is 107 Å². The highest BCUT2D eigenvalue weighted by atomic mass is 32.2. The monoisotopic (exact) mass is 479 g/mol. The highest BCUT2D eigenvalue weighted by molar-refractivity contribution is 7.92. The van der Waals surface area contributed by atoms with E-state index in [1.165, 1.54) is 32.1 Å². The fraction of sp³-hybridized carbons (Fsp3) is 0.500. The highest BCUT2D eigenvalue weighted by Gasteiger charge is 2.34. The molecule has 2 aliphatic rings. The van der Waals surface area contributed by atoms with Gasteiger partial charge in [0.15, 0.2) is 16.0 Å². The molecule has 0 unspecified atom stereocenters.